The Morgan fingerprint density at radius 2 is 1.95 bits per heavy atom. The highest BCUT2D eigenvalue weighted by Crippen LogP contribution is 2.27. The van der Waals surface area contributed by atoms with Gasteiger partial charge in [0, 0.05) is 39.4 Å². The van der Waals surface area contributed by atoms with E-state index in [-0.39, 0.29) is 18.2 Å². The van der Waals surface area contributed by atoms with E-state index in [0.29, 0.717) is 6.54 Å². The van der Waals surface area contributed by atoms with E-state index in [1.807, 2.05) is 13.8 Å². The molecule has 0 amide bonds. The third-order valence-corrected chi connectivity index (χ3v) is 3.52. The summed E-state index contributed by atoms with van der Waals surface area (Å²) in [4.78, 5) is 11.4. The van der Waals surface area contributed by atoms with Crippen molar-refractivity contribution in [1.82, 2.24) is 14.9 Å². The predicted octanol–water partition coefficient (Wildman–Crippen LogP) is 2.04. The molecule has 0 radical (unpaired) electrons. The zero-order chi connectivity index (χ0) is 16.3. The Balaban J connectivity index is 1.93. The van der Waals surface area contributed by atoms with Crippen molar-refractivity contribution in [3.8, 4) is 0 Å². The van der Waals surface area contributed by atoms with Crippen molar-refractivity contribution in [3.63, 3.8) is 0 Å². The third-order valence-electron chi connectivity index (χ3n) is 3.52. The number of hydrogen-bond acceptors (Lipinski definition) is 5. The van der Waals surface area contributed by atoms with Crippen molar-refractivity contribution in [3.05, 3.63) is 18.0 Å². The van der Waals surface area contributed by atoms with Crippen LogP contribution >= 0.6 is 0 Å². The third kappa shape index (κ3) is 4.54. The van der Waals surface area contributed by atoms with Crippen LogP contribution < -0.4 is 4.90 Å². The molecule has 1 aromatic heterocycles. The minimum absolute atomic E-state index is 0.0872. The maximum Gasteiger partial charge on any atom is 0.433 e. The molecular formula is C14H21F3N4O. The van der Waals surface area contributed by atoms with Crippen LogP contribution in [0.2, 0.25) is 0 Å². The number of ether oxygens (including phenoxy) is 1. The first-order valence-corrected chi connectivity index (χ1v) is 7.25. The Morgan fingerprint density at radius 1 is 1.32 bits per heavy atom. The van der Waals surface area contributed by atoms with Crippen molar-refractivity contribution in [1.29, 1.82) is 0 Å². The molecule has 8 heteroatoms. The summed E-state index contributed by atoms with van der Waals surface area (Å²) in [5, 5.41) is 0. The van der Waals surface area contributed by atoms with Crippen molar-refractivity contribution in [2.75, 3.05) is 38.1 Å². The zero-order valence-electron chi connectivity index (χ0n) is 13.0. The van der Waals surface area contributed by atoms with Crippen LogP contribution in [0.1, 0.15) is 19.5 Å². The summed E-state index contributed by atoms with van der Waals surface area (Å²) >= 11 is 0. The largest absolute Gasteiger partial charge is 0.433 e. The second kappa shape index (κ2) is 6.78. The number of likely N-dealkylation sites (N-methyl/N-ethyl adjacent to an activating group) is 1. The molecule has 1 aliphatic heterocycles. The highest BCUT2D eigenvalue weighted by molar-refractivity contribution is 5.29. The molecule has 22 heavy (non-hydrogen) atoms. The first-order valence-electron chi connectivity index (χ1n) is 7.25. The smallest absolute Gasteiger partial charge is 0.373 e. The van der Waals surface area contributed by atoms with Gasteiger partial charge >= 0.3 is 6.18 Å². The molecule has 0 saturated carbocycles. The van der Waals surface area contributed by atoms with Gasteiger partial charge in [0.15, 0.2) is 0 Å². The molecule has 2 rings (SSSR count). The molecule has 1 saturated heterocycles. The van der Waals surface area contributed by atoms with Crippen LogP contribution in [0.5, 0.6) is 0 Å². The van der Waals surface area contributed by atoms with Crippen LogP contribution in [0, 0.1) is 0 Å². The average molecular weight is 318 g/mol. The van der Waals surface area contributed by atoms with E-state index < -0.39 is 11.9 Å². The highest BCUT2D eigenvalue weighted by atomic mass is 19.4. The van der Waals surface area contributed by atoms with Gasteiger partial charge in [-0.3, -0.25) is 4.90 Å². The van der Waals surface area contributed by atoms with E-state index in [2.05, 4.69) is 14.9 Å². The fourth-order valence-electron chi connectivity index (χ4n) is 2.55. The van der Waals surface area contributed by atoms with Crippen LogP contribution in [0.15, 0.2) is 12.3 Å². The molecule has 0 bridgehead atoms. The number of hydrogen-bond donors (Lipinski definition) is 0. The molecule has 1 fully saturated rings. The van der Waals surface area contributed by atoms with Gasteiger partial charge in [0.2, 0.25) is 5.95 Å². The number of aromatic nitrogens is 2. The van der Waals surface area contributed by atoms with E-state index in [9.17, 15) is 13.2 Å². The number of anilines is 1. The van der Waals surface area contributed by atoms with Gasteiger partial charge in [0.1, 0.15) is 5.69 Å². The first kappa shape index (κ1) is 17.0. The zero-order valence-corrected chi connectivity index (χ0v) is 13.0. The van der Waals surface area contributed by atoms with Gasteiger partial charge in [-0.1, -0.05) is 0 Å². The second-order valence-electron chi connectivity index (χ2n) is 5.68. The lowest BCUT2D eigenvalue weighted by Crippen LogP contribution is -2.47. The minimum Gasteiger partial charge on any atom is -0.373 e. The van der Waals surface area contributed by atoms with Gasteiger partial charge in [-0.15, -0.1) is 0 Å². The second-order valence-corrected chi connectivity index (χ2v) is 5.68. The number of morpholine rings is 1. The molecule has 0 aliphatic carbocycles. The Morgan fingerprint density at radius 3 is 2.55 bits per heavy atom. The minimum atomic E-state index is -4.45. The lowest BCUT2D eigenvalue weighted by atomic mass is 10.2. The highest BCUT2D eigenvalue weighted by Gasteiger charge is 2.33. The van der Waals surface area contributed by atoms with E-state index in [4.69, 9.17) is 4.74 Å². The summed E-state index contributed by atoms with van der Waals surface area (Å²) in [6, 6.07) is 0.878. The van der Waals surface area contributed by atoms with Crippen LogP contribution in [0.25, 0.3) is 0 Å². The molecule has 0 unspecified atom stereocenters. The molecule has 1 aromatic rings. The lowest BCUT2D eigenvalue weighted by Gasteiger charge is -2.36. The monoisotopic (exact) mass is 318 g/mol. The average Bonchev–Trinajstić information content (AvgIpc) is 2.43. The molecular weight excluding hydrogens is 297 g/mol. The molecule has 5 nitrogen and oxygen atoms in total. The van der Waals surface area contributed by atoms with Gasteiger partial charge in [-0.05, 0) is 19.9 Å². The van der Waals surface area contributed by atoms with Crippen LogP contribution in [0.3, 0.4) is 0 Å². The molecule has 0 N–H and O–H groups in total. The van der Waals surface area contributed by atoms with E-state index in [1.54, 1.807) is 11.9 Å². The van der Waals surface area contributed by atoms with Crippen molar-refractivity contribution >= 4 is 5.95 Å². The summed E-state index contributed by atoms with van der Waals surface area (Å²) in [6.45, 7) is 6.96. The van der Waals surface area contributed by atoms with Crippen molar-refractivity contribution < 1.29 is 17.9 Å². The summed E-state index contributed by atoms with van der Waals surface area (Å²) in [5.41, 5.74) is -0.919. The van der Waals surface area contributed by atoms with Crippen molar-refractivity contribution in [2.45, 2.75) is 32.2 Å². The summed E-state index contributed by atoms with van der Waals surface area (Å²) in [6.07, 6.45) is -2.98. The fourth-order valence-corrected chi connectivity index (χ4v) is 2.55. The van der Waals surface area contributed by atoms with E-state index >= 15 is 0 Å². The molecule has 2 atom stereocenters. The fraction of sp³-hybridized carbons (Fsp3) is 0.714. The Labute approximate surface area is 128 Å². The summed E-state index contributed by atoms with van der Waals surface area (Å²) < 4.78 is 43.6. The van der Waals surface area contributed by atoms with Crippen LogP contribution in [-0.2, 0) is 10.9 Å². The molecule has 1 aliphatic rings. The van der Waals surface area contributed by atoms with E-state index in [0.717, 1.165) is 31.9 Å². The molecule has 0 spiro atoms. The Kier molecular flexibility index (Phi) is 5.23. The van der Waals surface area contributed by atoms with Gasteiger partial charge in [0.05, 0.1) is 12.2 Å². The summed E-state index contributed by atoms with van der Waals surface area (Å²) in [5.74, 6) is 0.0872. The first-order chi connectivity index (χ1) is 10.3. The standard InChI is InChI=1S/C14H21F3N4O/c1-10-8-21(9-11(2)22-10)7-6-20(3)13-18-5-4-12(19-13)14(15,16)17/h4-5,10-11H,6-9H2,1-3H3/t10-,11+. The number of halogens is 3. The Hall–Kier alpha value is -1.41. The number of rotatable bonds is 4. The topological polar surface area (TPSA) is 41.5 Å². The quantitative estimate of drug-likeness (QED) is 0.850. The van der Waals surface area contributed by atoms with Gasteiger partial charge in [-0.2, -0.15) is 13.2 Å². The maximum absolute atomic E-state index is 12.7. The van der Waals surface area contributed by atoms with E-state index in [1.165, 1.54) is 0 Å². The van der Waals surface area contributed by atoms with Gasteiger partial charge < -0.3 is 9.64 Å². The maximum atomic E-state index is 12.7. The van der Waals surface area contributed by atoms with Crippen LogP contribution in [-0.4, -0.2) is 60.3 Å². The number of alkyl halides is 3. The Bertz CT molecular complexity index is 487. The van der Waals surface area contributed by atoms with Crippen LogP contribution in [0.4, 0.5) is 19.1 Å². The molecule has 0 aromatic carbocycles. The van der Waals surface area contributed by atoms with Gasteiger partial charge in [0.25, 0.3) is 0 Å². The van der Waals surface area contributed by atoms with Gasteiger partial charge in [-0.25, -0.2) is 9.97 Å². The predicted molar refractivity (Wildman–Crippen MR) is 76.8 cm³/mol. The normalized spacial score (nSPS) is 23.5. The summed E-state index contributed by atoms with van der Waals surface area (Å²) in [7, 11) is 1.70. The number of nitrogens with zero attached hydrogens (tertiary/aromatic N) is 4. The SMILES string of the molecule is C[C@@H]1CN(CCN(C)c2nccc(C(F)(F)F)n2)C[C@H](C)O1. The molecule has 2 heterocycles. The molecule has 124 valence electrons. The van der Waals surface area contributed by atoms with Crippen molar-refractivity contribution in [2.24, 2.45) is 0 Å². The lowest BCUT2D eigenvalue weighted by molar-refractivity contribution is -0.141.